The quantitative estimate of drug-likeness (QED) is 0.426. The monoisotopic (exact) mass is 417 g/mol. The van der Waals surface area contributed by atoms with Crippen LogP contribution in [0.2, 0.25) is 5.02 Å². The Morgan fingerprint density at radius 3 is 2.50 bits per heavy atom. The van der Waals surface area contributed by atoms with Gasteiger partial charge in [-0.1, -0.05) is 54.1 Å². The number of hydrogen-bond acceptors (Lipinski definition) is 3. The van der Waals surface area contributed by atoms with Crippen molar-refractivity contribution in [2.75, 3.05) is 12.4 Å². The topological polar surface area (TPSA) is 63.2 Å². The maximum atomic E-state index is 12.3. The SMILES string of the molecule is COc1cc(-c2ccc(Cl)cc2)nc2ccc(NC(=O)NCc3ccccc3)cc12. The summed E-state index contributed by atoms with van der Waals surface area (Å²) in [6.45, 7) is 0.454. The largest absolute Gasteiger partial charge is 0.496 e. The van der Waals surface area contributed by atoms with Gasteiger partial charge in [-0.3, -0.25) is 0 Å². The molecule has 30 heavy (non-hydrogen) atoms. The molecule has 4 rings (SSSR count). The molecule has 0 aliphatic rings. The fourth-order valence-corrected chi connectivity index (χ4v) is 3.29. The van der Waals surface area contributed by atoms with Gasteiger partial charge in [-0.05, 0) is 35.9 Å². The molecule has 0 atom stereocenters. The number of carbonyl (C=O) groups is 1. The first-order valence-corrected chi connectivity index (χ1v) is 9.84. The first-order valence-electron chi connectivity index (χ1n) is 9.46. The number of anilines is 1. The summed E-state index contributed by atoms with van der Waals surface area (Å²) in [4.78, 5) is 17.0. The lowest BCUT2D eigenvalue weighted by molar-refractivity contribution is 0.251. The van der Waals surface area contributed by atoms with E-state index in [1.54, 1.807) is 7.11 Å². The van der Waals surface area contributed by atoms with Gasteiger partial charge in [0.25, 0.3) is 0 Å². The molecule has 0 aliphatic carbocycles. The van der Waals surface area contributed by atoms with E-state index in [2.05, 4.69) is 10.6 Å². The number of fused-ring (bicyclic) bond motifs is 1. The number of aromatic nitrogens is 1. The molecule has 3 aromatic carbocycles. The number of carbonyl (C=O) groups excluding carboxylic acids is 1. The number of urea groups is 1. The molecule has 0 saturated carbocycles. The Morgan fingerprint density at radius 1 is 1.00 bits per heavy atom. The second-order valence-electron chi connectivity index (χ2n) is 6.74. The van der Waals surface area contributed by atoms with Crippen LogP contribution in [0.1, 0.15) is 5.56 Å². The summed E-state index contributed by atoms with van der Waals surface area (Å²) in [5.41, 5.74) is 4.20. The molecular weight excluding hydrogens is 398 g/mol. The first kappa shape index (κ1) is 19.7. The smallest absolute Gasteiger partial charge is 0.319 e. The van der Waals surface area contributed by atoms with Gasteiger partial charge in [0.2, 0.25) is 0 Å². The maximum absolute atomic E-state index is 12.3. The van der Waals surface area contributed by atoms with Crippen molar-refractivity contribution in [3.05, 3.63) is 89.4 Å². The molecule has 2 N–H and O–H groups in total. The van der Waals surface area contributed by atoms with Gasteiger partial charge in [0.05, 0.1) is 18.3 Å². The zero-order valence-corrected chi connectivity index (χ0v) is 17.1. The Morgan fingerprint density at radius 2 is 1.77 bits per heavy atom. The second kappa shape index (κ2) is 8.84. The zero-order chi connectivity index (χ0) is 20.9. The van der Waals surface area contributed by atoms with Crippen LogP contribution in [0.15, 0.2) is 78.9 Å². The number of pyridine rings is 1. The number of nitrogens with zero attached hydrogens (tertiary/aromatic N) is 1. The van der Waals surface area contributed by atoms with Crippen LogP contribution < -0.4 is 15.4 Å². The molecule has 6 heteroatoms. The number of hydrogen-bond donors (Lipinski definition) is 2. The highest BCUT2D eigenvalue weighted by atomic mass is 35.5. The molecule has 0 fully saturated rings. The molecule has 1 aromatic heterocycles. The summed E-state index contributed by atoms with van der Waals surface area (Å²) >= 11 is 5.98. The second-order valence-corrected chi connectivity index (χ2v) is 7.18. The van der Waals surface area contributed by atoms with Crippen molar-refractivity contribution in [3.8, 4) is 17.0 Å². The summed E-state index contributed by atoms with van der Waals surface area (Å²) in [5.74, 6) is 0.679. The summed E-state index contributed by atoms with van der Waals surface area (Å²) in [6, 6.07) is 24.4. The van der Waals surface area contributed by atoms with E-state index in [1.165, 1.54) is 0 Å². The summed E-state index contributed by atoms with van der Waals surface area (Å²) in [5, 5.41) is 7.20. The highest BCUT2D eigenvalue weighted by molar-refractivity contribution is 6.30. The van der Waals surface area contributed by atoms with Gasteiger partial charge in [-0.25, -0.2) is 9.78 Å². The summed E-state index contributed by atoms with van der Waals surface area (Å²) in [7, 11) is 1.62. The predicted octanol–water partition coefficient (Wildman–Crippen LogP) is 5.89. The molecule has 0 unspecified atom stereocenters. The lowest BCUT2D eigenvalue weighted by Gasteiger charge is -2.12. The minimum Gasteiger partial charge on any atom is -0.496 e. The first-order chi connectivity index (χ1) is 14.6. The predicted molar refractivity (Wildman–Crippen MR) is 121 cm³/mol. The Bertz CT molecular complexity index is 1180. The van der Waals surface area contributed by atoms with Crippen molar-refractivity contribution in [3.63, 3.8) is 0 Å². The van der Waals surface area contributed by atoms with E-state index >= 15 is 0 Å². The minimum absolute atomic E-state index is 0.275. The van der Waals surface area contributed by atoms with E-state index in [-0.39, 0.29) is 6.03 Å². The van der Waals surface area contributed by atoms with E-state index < -0.39 is 0 Å². The van der Waals surface area contributed by atoms with Gasteiger partial charge in [-0.15, -0.1) is 0 Å². The average molecular weight is 418 g/mol. The number of ether oxygens (including phenoxy) is 1. The van der Waals surface area contributed by atoms with Crippen LogP contribution in [0, 0.1) is 0 Å². The number of methoxy groups -OCH3 is 1. The number of halogens is 1. The summed E-state index contributed by atoms with van der Waals surface area (Å²) < 4.78 is 5.58. The van der Waals surface area contributed by atoms with Crippen LogP contribution in [-0.2, 0) is 6.54 Å². The Labute approximate surface area is 179 Å². The van der Waals surface area contributed by atoms with Gasteiger partial charge in [0.1, 0.15) is 5.75 Å². The minimum atomic E-state index is -0.275. The highest BCUT2D eigenvalue weighted by Crippen LogP contribution is 2.32. The third kappa shape index (κ3) is 4.53. The lowest BCUT2D eigenvalue weighted by atomic mass is 10.1. The molecular formula is C24H20ClN3O2. The Balaban J connectivity index is 1.55. The van der Waals surface area contributed by atoms with Gasteiger partial charge in [-0.2, -0.15) is 0 Å². The van der Waals surface area contributed by atoms with Crippen LogP contribution in [0.4, 0.5) is 10.5 Å². The van der Waals surface area contributed by atoms with Gasteiger partial charge >= 0.3 is 6.03 Å². The number of nitrogens with one attached hydrogen (secondary N) is 2. The van der Waals surface area contributed by atoms with Crippen LogP contribution in [0.25, 0.3) is 22.2 Å². The van der Waals surface area contributed by atoms with Crippen LogP contribution in [0.5, 0.6) is 5.75 Å². The fraction of sp³-hybridized carbons (Fsp3) is 0.0833. The Kier molecular flexibility index (Phi) is 5.82. The van der Waals surface area contributed by atoms with Crippen molar-refractivity contribution >= 4 is 34.2 Å². The molecule has 0 bridgehead atoms. The fourth-order valence-electron chi connectivity index (χ4n) is 3.16. The molecule has 1 heterocycles. The number of benzene rings is 3. The van der Waals surface area contributed by atoms with Crippen molar-refractivity contribution in [2.24, 2.45) is 0 Å². The van der Waals surface area contributed by atoms with Gasteiger partial charge in [0.15, 0.2) is 0 Å². The molecule has 4 aromatic rings. The third-order valence-corrected chi connectivity index (χ3v) is 4.94. The number of amides is 2. The van der Waals surface area contributed by atoms with E-state index in [0.717, 1.165) is 27.7 Å². The van der Waals surface area contributed by atoms with E-state index in [4.69, 9.17) is 21.3 Å². The van der Waals surface area contributed by atoms with Crippen LogP contribution >= 0.6 is 11.6 Å². The molecule has 0 spiro atoms. The van der Waals surface area contributed by atoms with Gasteiger partial charge < -0.3 is 15.4 Å². The number of rotatable bonds is 5. The highest BCUT2D eigenvalue weighted by Gasteiger charge is 2.10. The molecule has 150 valence electrons. The summed E-state index contributed by atoms with van der Waals surface area (Å²) in [6.07, 6.45) is 0. The molecule has 2 amide bonds. The average Bonchev–Trinajstić information content (AvgIpc) is 2.78. The third-order valence-electron chi connectivity index (χ3n) is 4.68. The molecule has 5 nitrogen and oxygen atoms in total. The van der Waals surface area contributed by atoms with E-state index in [0.29, 0.717) is 23.0 Å². The Hall–Kier alpha value is -3.57. The molecule has 0 radical (unpaired) electrons. The van der Waals surface area contributed by atoms with Crippen LogP contribution in [-0.4, -0.2) is 18.1 Å². The van der Waals surface area contributed by atoms with Crippen molar-refractivity contribution in [2.45, 2.75) is 6.54 Å². The van der Waals surface area contributed by atoms with Crippen molar-refractivity contribution in [1.29, 1.82) is 0 Å². The molecule has 0 aliphatic heterocycles. The van der Waals surface area contributed by atoms with Gasteiger partial charge in [0, 0.05) is 34.3 Å². The van der Waals surface area contributed by atoms with E-state index in [9.17, 15) is 4.79 Å². The normalized spacial score (nSPS) is 10.6. The van der Waals surface area contributed by atoms with E-state index in [1.807, 2.05) is 78.9 Å². The van der Waals surface area contributed by atoms with Crippen molar-refractivity contribution < 1.29 is 9.53 Å². The molecule has 0 saturated heterocycles. The van der Waals surface area contributed by atoms with Crippen molar-refractivity contribution in [1.82, 2.24) is 10.3 Å². The standard InChI is InChI=1S/C24H20ClN3O2/c1-30-23-14-22(17-7-9-18(25)10-8-17)28-21-12-11-19(13-20(21)23)27-24(29)26-15-16-5-3-2-4-6-16/h2-14H,15H2,1H3,(H2,26,27,29). The van der Waals surface area contributed by atoms with Crippen LogP contribution in [0.3, 0.4) is 0 Å². The lowest BCUT2D eigenvalue weighted by Crippen LogP contribution is -2.28. The maximum Gasteiger partial charge on any atom is 0.319 e. The zero-order valence-electron chi connectivity index (χ0n) is 16.4.